The van der Waals surface area contributed by atoms with Crippen molar-refractivity contribution in [3.8, 4) is 11.5 Å². The molecule has 1 unspecified atom stereocenters. The molecule has 0 saturated carbocycles. The molecular weight excluding hydrogens is 317 g/mol. The molecule has 23 heavy (non-hydrogen) atoms. The van der Waals surface area contributed by atoms with E-state index < -0.39 is 5.82 Å². The summed E-state index contributed by atoms with van der Waals surface area (Å²) in [5, 5.41) is 12.6. The third kappa shape index (κ3) is 4.44. The molecule has 0 radical (unpaired) electrons. The average Bonchev–Trinajstić information content (AvgIpc) is 2.57. The zero-order chi connectivity index (χ0) is 16.8. The molecule has 0 aromatic heterocycles. The minimum absolute atomic E-state index is 0.0148. The topological polar surface area (TPSA) is 41.5 Å². The molecule has 2 aromatic rings. The van der Waals surface area contributed by atoms with Crippen LogP contribution in [0.2, 0.25) is 5.02 Å². The van der Waals surface area contributed by atoms with Crippen molar-refractivity contribution in [2.24, 2.45) is 0 Å². The molecule has 2 N–H and O–H groups in total. The standard InChI is InChI=1S/C18H21ClFNO2/c1-3-16(21-12(2)11-22)14-9-10-15(19)18(17(14)20)23-13-7-5-4-6-8-13/h4-10,12,16,21-22H,3,11H2,1-2H3/t12?,16-/m0/s1. The number of para-hydroxylation sites is 1. The number of hydrogen-bond donors (Lipinski definition) is 2. The maximum Gasteiger partial charge on any atom is 0.181 e. The van der Waals surface area contributed by atoms with Crippen LogP contribution in [0.1, 0.15) is 31.9 Å². The van der Waals surface area contributed by atoms with E-state index in [0.29, 0.717) is 17.7 Å². The van der Waals surface area contributed by atoms with Crippen molar-refractivity contribution in [2.45, 2.75) is 32.4 Å². The van der Waals surface area contributed by atoms with Crippen molar-refractivity contribution in [2.75, 3.05) is 6.61 Å². The van der Waals surface area contributed by atoms with E-state index in [4.69, 9.17) is 16.3 Å². The summed E-state index contributed by atoms with van der Waals surface area (Å²) in [6.07, 6.45) is 0.674. The molecule has 5 heteroatoms. The zero-order valence-corrected chi connectivity index (χ0v) is 14.0. The van der Waals surface area contributed by atoms with Crippen LogP contribution in [0.25, 0.3) is 0 Å². The summed E-state index contributed by atoms with van der Waals surface area (Å²) in [5.41, 5.74) is 0.475. The Morgan fingerprint density at radius 2 is 1.91 bits per heavy atom. The van der Waals surface area contributed by atoms with Crippen molar-refractivity contribution in [1.29, 1.82) is 0 Å². The fourth-order valence-corrected chi connectivity index (χ4v) is 2.53. The van der Waals surface area contributed by atoms with Gasteiger partial charge in [0.25, 0.3) is 0 Å². The van der Waals surface area contributed by atoms with Gasteiger partial charge in [-0.2, -0.15) is 0 Å². The third-order valence-corrected chi connectivity index (χ3v) is 3.88. The molecule has 2 atom stereocenters. The largest absolute Gasteiger partial charge is 0.453 e. The number of aliphatic hydroxyl groups is 1. The van der Waals surface area contributed by atoms with Gasteiger partial charge < -0.3 is 15.2 Å². The van der Waals surface area contributed by atoms with Crippen molar-refractivity contribution in [3.05, 3.63) is 58.9 Å². The van der Waals surface area contributed by atoms with Gasteiger partial charge in [0.15, 0.2) is 11.6 Å². The number of ether oxygens (including phenoxy) is 1. The van der Waals surface area contributed by atoms with Crippen LogP contribution in [0.4, 0.5) is 4.39 Å². The monoisotopic (exact) mass is 337 g/mol. The number of halogens is 2. The fraction of sp³-hybridized carbons (Fsp3) is 0.333. The highest BCUT2D eigenvalue weighted by atomic mass is 35.5. The SMILES string of the molecule is CC[C@H](NC(C)CO)c1ccc(Cl)c(Oc2ccccc2)c1F. The maximum atomic E-state index is 14.9. The van der Waals surface area contributed by atoms with Crippen LogP contribution in [0.15, 0.2) is 42.5 Å². The van der Waals surface area contributed by atoms with E-state index in [9.17, 15) is 9.50 Å². The highest BCUT2D eigenvalue weighted by Crippen LogP contribution is 2.36. The van der Waals surface area contributed by atoms with Crippen molar-refractivity contribution < 1.29 is 14.2 Å². The first-order valence-electron chi connectivity index (χ1n) is 7.64. The molecule has 0 fully saturated rings. The first-order valence-corrected chi connectivity index (χ1v) is 8.02. The van der Waals surface area contributed by atoms with Gasteiger partial charge in [0, 0.05) is 17.6 Å². The molecule has 124 valence electrons. The molecule has 0 saturated heterocycles. The number of aliphatic hydroxyl groups excluding tert-OH is 1. The van der Waals surface area contributed by atoms with Gasteiger partial charge in [0.05, 0.1) is 11.6 Å². The summed E-state index contributed by atoms with van der Waals surface area (Å²) in [5.74, 6) is 0.0632. The predicted molar refractivity (Wildman–Crippen MR) is 90.6 cm³/mol. The molecule has 0 aliphatic rings. The molecule has 2 rings (SSSR count). The minimum Gasteiger partial charge on any atom is -0.453 e. The van der Waals surface area contributed by atoms with Crippen molar-refractivity contribution >= 4 is 11.6 Å². The average molecular weight is 338 g/mol. The van der Waals surface area contributed by atoms with Crippen LogP contribution in [-0.2, 0) is 0 Å². The minimum atomic E-state index is -0.481. The van der Waals surface area contributed by atoms with E-state index in [-0.39, 0.29) is 29.5 Å². The van der Waals surface area contributed by atoms with E-state index >= 15 is 0 Å². The van der Waals surface area contributed by atoms with E-state index in [1.807, 2.05) is 32.0 Å². The van der Waals surface area contributed by atoms with Gasteiger partial charge in [-0.1, -0.05) is 42.8 Å². The Morgan fingerprint density at radius 1 is 1.22 bits per heavy atom. The van der Waals surface area contributed by atoms with Crippen LogP contribution in [0, 0.1) is 5.82 Å². The van der Waals surface area contributed by atoms with Gasteiger partial charge in [0.2, 0.25) is 0 Å². The first kappa shape index (κ1) is 17.7. The molecule has 0 aliphatic carbocycles. The Kier molecular flexibility index (Phi) is 6.39. The van der Waals surface area contributed by atoms with Gasteiger partial charge in [-0.25, -0.2) is 4.39 Å². The Balaban J connectivity index is 2.33. The Hall–Kier alpha value is -1.62. The number of benzene rings is 2. The van der Waals surface area contributed by atoms with Gasteiger partial charge >= 0.3 is 0 Å². The second-order valence-corrected chi connectivity index (χ2v) is 5.81. The van der Waals surface area contributed by atoms with Crippen LogP contribution in [0.3, 0.4) is 0 Å². The lowest BCUT2D eigenvalue weighted by molar-refractivity contribution is 0.238. The molecular formula is C18H21ClFNO2. The van der Waals surface area contributed by atoms with Crippen LogP contribution < -0.4 is 10.1 Å². The Labute approximate surface area is 141 Å². The maximum absolute atomic E-state index is 14.9. The van der Waals surface area contributed by atoms with Gasteiger partial charge in [0.1, 0.15) is 5.75 Å². The van der Waals surface area contributed by atoms with Crippen LogP contribution in [-0.4, -0.2) is 17.8 Å². The van der Waals surface area contributed by atoms with Crippen LogP contribution >= 0.6 is 11.6 Å². The lowest BCUT2D eigenvalue weighted by atomic mass is 10.0. The van der Waals surface area contributed by atoms with E-state index in [1.54, 1.807) is 24.3 Å². The molecule has 0 bridgehead atoms. The van der Waals surface area contributed by atoms with Crippen molar-refractivity contribution in [3.63, 3.8) is 0 Å². The quantitative estimate of drug-likeness (QED) is 0.770. The summed E-state index contributed by atoms with van der Waals surface area (Å²) in [6.45, 7) is 3.78. The van der Waals surface area contributed by atoms with E-state index in [1.165, 1.54) is 0 Å². The molecule has 2 aromatic carbocycles. The smallest absolute Gasteiger partial charge is 0.181 e. The summed E-state index contributed by atoms with van der Waals surface area (Å²) in [4.78, 5) is 0. The molecule has 0 spiro atoms. The lowest BCUT2D eigenvalue weighted by Gasteiger charge is -2.23. The summed E-state index contributed by atoms with van der Waals surface area (Å²) >= 11 is 6.11. The molecule has 0 aliphatic heterocycles. The third-order valence-electron chi connectivity index (χ3n) is 3.59. The Morgan fingerprint density at radius 3 is 2.52 bits per heavy atom. The fourth-order valence-electron chi connectivity index (χ4n) is 2.34. The number of hydrogen-bond acceptors (Lipinski definition) is 3. The van der Waals surface area contributed by atoms with Gasteiger partial charge in [-0.05, 0) is 31.5 Å². The highest BCUT2D eigenvalue weighted by Gasteiger charge is 2.21. The normalized spacial score (nSPS) is 13.6. The van der Waals surface area contributed by atoms with Crippen LogP contribution in [0.5, 0.6) is 11.5 Å². The zero-order valence-electron chi connectivity index (χ0n) is 13.2. The summed E-state index contributed by atoms with van der Waals surface area (Å²) < 4.78 is 20.5. The van der Waals surface area contributed by atoms with Gasteiger partial charge in [-0.15, -0.1) is 0 Å². The van der Waals surface area contributed by atoms with Crippen molar-refractivity contribution in [1.82, 2.24) is 5.32 Å². The predicted octanol–water partition coefficient (Wildman–Crippen LogP) is 4.69. The summed E-state index contributed by atoms with van der Waals surface area (Å²) in [6, 6.07) is 11.9. The second-order valence-electron chi connectivity index (χ2n) is 5.41. The number of nitrogens with one attached hydrogen (secondary N) is 1. The second kappa shape index (κ2) is 8.29. The highest BCUT2D eigenvalue weighted by molar-refractivity contribution is 6.32. The van der Waals surface area contributed by atoms with Gasteiger partial charge in [-0.3, -0.25) is 0 Å². The molecule has 0 heterocycles. The summed E-state index contributed by atoms with van der Waals surface area (Å²) in [7, 11) is 0. The lowest BCUT2D eigenvalue weighted by Crippen LogP contribution is -2.33. The van der Waals surface area contributed by atoms with E-state index in [2.05, 4.69) is 5.32 Å². The van der Waals surface area contributed by atoms with E-state index in [0.717, 1.165) is 0 Å². The Bertz CT molecular complexity index is 636. The molecule has 3 nitrogen and oxygen atoms in total. The first-order chi connectivity index (χ1) is 11.1. The number of rotatable bonds is 7. The molecule has 0 amide bonds.